The summed E-state index contributed by atoms with van der Waals surface area (Å²) in [6, 6.07) is 0. The van der Waals surface area contributed by atoms with Gasteiger partial charge in [0.1, 0.15) is 5.54 Å². The number of nitrogens with zero attached hydrogens (tertiary/aromatic N) is 1. The lowest BCUT2D eigenvalue weighted by Crippen LogP contribution is -2.63. The van der Waals surface area contributed by atoms with Crippen molar-refractivity contribution in [3.05, 3.63) is 0 Å². The Hall–Kier alpha value is -1.10. The first-order valence-corrected chi connectivity index (χ1v) is 7.27. The molecule has 0 saturated carbocycles. The summed E-state index contributed by atoms with van der Waals surface area (Å²) in [5, 5.41) is 12.8. The van der Waals surface area contributed by atoms with Gasteiger partial charge >= 0.3 is 5.97 Å². The number of carboxylic acid groups (broad SMARTS) is 1. The molecule has 2 N–H and O–H groups in total. The lowest BCUT2D eigenvalue weighted by atomic mass is 9.86. The van der Waals surface area contributed by atoms with Crippen molar-refractivity contribution < 1.29 is 14.7 Å². The van der Waals surface area contributed by atoms with Crippen molar-refractivity contribution in [2.24, 2.45) is 0 Å². The van der Waals surface area contributed by atoms with E-state index >= 15 is 0 Å². The van der Waals surface area contributed by atoms with Crippen molar-refractivity contribution in [3.8, 4) is 0 Å². The van der Waals surface area contributed by atoms with Gasteiger partial charge < -0.3 is 15.3 Å². The molecule has 19 heavy (non-hydrogen) atoms. The molecular formula is C14H24N2O3. The van der Waals surface area contributed by atoms with Gasteiger partial charge in [0.05, 0.1) is 5.54 Å². The van der Waals surface area contributed by atoms with Crippen LogP contribution in [0.4, 0.5) is 0 Å². The second-order valence-corrected chi connectivity index (χ2v) is 5.97. The fourth-order valence-electron chi connectivity index (χ4n) is 3.45. The minimum atomic E-state index is -0.987. The molecule has 0 radical (unpaired) electrons. The molecule has 0 aromatic carbocycles. The van der Waals surface area contributed by atoms with Crippen LogP contribution in [0.15, 0.2) is 0 Å². The second kappa shape index (κ2) is 5.12. The normalized spacial score (nSPS) is 35.4. The molecule has 0 aliphatic carbocycles. The van der Waals surface area contributed by atoms with Crippen molar-refractivity contribution in [2.45, 2.75) is 63.5 Å². The molecule has 2 unspecified atom stereocenters. The summed E-state index contributed by atoms with van der Waals surface area (Å²) in [7, 11) is 0. The highest BCUT2D eigenvalue weighted by atomic mass is 16.4. The maximum Gasteiger partial charge on any atom is 0.329 e. The van der Waals surface area contributed by atoms with Crippen LogP contribution in [0.1, 0.15) is 52.4 Å². The largest absolute Gasteiger partial charge is 0.479 e. The number of piperidine rings is 1. The van der Waals surface area contributed by atoms with E-state index in [9.17, 15) is 14.7 Å². The maximum atomic E-state index is 12.8. The molecule has 2 aliphatic heterocycles. The van der Waals surface area contributed by atoms with Crippen LogP contribution in [0.25, 0.3) is 0 Å². The van der Waals surface area contributed by atoms with Gasteiger partial charge in [-0.1, -0.05) is 6.92 Å². The van der Waals surface area contributed by atoms with Gasteiger partial charge in [0, 0.05) is 6.54 Å². The number of hydrogen-bond acceptors (Lipinski definition) is 3. The van der Waals surface area contributed by atoms with E-state index in [0.717, 1.165) is 32.2 Å². The number of nitrogens with one attached hydrogen (secondary N) is 1. The fraction of sp³-hybridized carbons (Fsp3) is 0.857. The fourth-order valence-corrected chi connectivity index (χ4v) is 3.45. The predicted molar refractivity (Wildman–Crippen MR) is 71.9 cm³/mol. The Bertz CT molecular complexity index is 377. The summed E-state index contributed by atoms with van der Waals surface area (Å²) in [6.07, 6.45) is 4.73. The van der Waals surface area contributed by atoms with E-state index in [1.807, 2.05) is 13.8 Å². The first-order chi connectivity index (χ1) is 8.96. The van der Waals surface area contributed by atoms with E-state index in [2.05, 4.69) is 5.32 Å². The van der Waals surface area contributed by atoms with E-state index in [4.69, 9.17) is 0 Å². The third kappa shape index (κ3) is 2.24. The topological polar surface area (TPSA) is 69.6 Å². The number of rotatable bonds is 3. The molecule has 2 atom stereocenters. The number of carbonyl (C=O) groups excluding carboxylic acids is 1. The van der Waals surface area contributed by atoms with Gasteiger partial charge in [-0.3, -0.25) is 4.79 Å². The lowest BCUT2D eigenvalue weighted by Gasteiger charge is -2.42. The summed E-state index contributed by atoms with van der Waals surface area (Å²) in [5.74, 6) is -0.894. The first-order valence-electron chi connectivity index (χ1n) is 7.27. The summed E-state index contributed by atoms with van der Waals surface area (Å²) in [5.41, 5.74) is -1.57. The molecule has 2 fully saturated rings. The van der Waals surface area contributed by atoms with Crippen LogP contribution in [-0.4, -0.2) is 46.1 Å². The van der Waals surface area contributed by atoms with E-state index < -0.39 is 17.0 Å². The highest BCUT2D eigenvalue weighted by Crippen LogP contribution is 2.36. The smallest absolute Gasteiger partial charge is 0.329 e. The third-order valence-corrected chi connectivity index (χ3v) is 4.81. The highest BCUT2D eigenvalue weighted by Gasteiger charge is 2.52. The zero-order valence-electron chi connectivity index (χ0n) is 11.9. The number of likely N-dealkylation sites (tertiary alicyclic amines) is 1. The summed E-state index contributed by atoms with van der Waals surface area (Å²) >= 11 is 0. The van der Waals surface area contributed by atoms with Crippen LogP contribution in [0.2, 0.25) is 0 Å². The average Bonchev–Trinajstić information content (AvgIpc) is 2.83. The summed E-state index contributed by atoms with van der Waals surface area (Å²) in [6.45, 7) is 5.17. The molecule has 0 bridgehead atoms. The quantitative estimate of drug-likeness (QED) is 0.811. The van der Waals surface area contributed by atoms with Crippen LogP contribution in [0.3, 0.4) is 0 Å². The van der Waals surface area contributed by atoms with Crippen molar-refractivity contribution in [1.29, 1.82) is 0 Å². The number of amides is 1. The average molecular weight is 268 g/mol. The Morgan fingerprint density at radius 1 is 1.26 bits per heavy atom. The molecule has 2 rings (SSSR count). The van der Waals surface area contributed by atoms with Gasteiger partial charge in [0.2, 0.25) is 5.91 Å². The molecule has 0 aromatic rings. The zero-order valence-corrected chi connectivity index (χ0v) is 11.9. The van der Waals surface area contributed by atoms with Crippen molar-refractivity contribution in [3.63, 3.8) is 0 Å². The molecule has 2 heterocycles. The van der Waals surface area contributed by atoms with Gasteiger partial charge in [0.15, 0.2) is 0 Å². The van der Waals surface area contributed by atoms with Gasteiger partial charge in [-0.2, -0.15) is 0 Å². The number of aliphatic carboxylic acids is 1. The molecule has 2 saturated heterocycles. The molecule has 1 amide bonds. The van der Waals surface area contributed by atoms with E-state index in [1.54, 1.807) is 4.90 Å². The molecular weight excluding hydrogens is 244 g/mol. The third-order valence-electron chi connectivity index (χ3n) is 4.81. The van der Waals surface area contributed by atoms with Gasteiger partial charge in [0.25, 0.3) is 0 Å². The zero-order chi connectivity index (χ0) is 14.1. The SMILES string of the molecule is CCC1(C(=O)O)CCCN1C(=O)C1(C)CCCCN1. The Morgan fingerprint density at radius 2 is 2.00 bits per heavy atom. The maximum absolute atomic E-state index is 12.8. The monoisotopic (exact) mass is 268 g/mol. The second-order valence-electron chi connectivity index (χ2n) is 5.97. The van der Waals surface area contributed by atoms with E-state index in [0.29, 0.717) is 19.4 Å². The Morgan fingerprint density at radius 3 is 2.53 bits per heavy atom. The highest BCUT2D eigenvalue weighted by molar-refractivity contribution is 5.92. The van der Waals surface area contributed by atoms with E-state index in [1.165, 1.54) is 0 Å². The summed E-state index contributed by atoms with van der Waals surface area (Å²) < 4.78 is 0. The van der Waals surface area contributed by atoms with Crippen molar-refractivity contribution >= 4 is 11.9 Å². The van der Waals surface area contributed by atoms with Gasteiger partial charge in [-0.25, -0.2) is 4.79 Å². The number of carboxylic acids is 1. The summed E-state index contributed by atoms with van der Waals surface area (Å²) in [4.78, 5) is 26.1. The Kier molecular flexibility index (Phi) is 3.85. The molecule has 5 heteroatoms. The van der Waals surface area contributed by atoms with Crippen LogP contribution in [-0.2, 0) is 9.59 Å². The van der Waals surface area contributed by atoms with Crippen LogP contribution in [0.5, 0.6) is 0 Å². The standard InChI is InChI=1S/C14H24N2O3/c1-3-14(12(18)19)8-6-10-16(14)11(17)13(2)7-4-5-9-15-13/h15H,3-10H2,1-2H3,(H,18,19). The molecule has 0 aromatic heterocycles. The molecule has 5 nitrogen and oxygen atoms in total. The predicted octanol–water partition coefficient (Wildman–Crippen LogP) is 1.37. The molecule has 0 spiro atoms. The Labute approximate surface area is 114 Å². The van der Waals surface area contributed by atoms with Gasteiger partial charge in [-0.15, -0.1) is 0 Å². The van der Waals surface area contributed by atoms with Crippen LogP contribution >= 0.6 is 0 Å². The first kappa shape index (κ1) is 14.3. The molecule has 108 valence electrons. The lowest BCUT2D eigenvalue weighted by molar-refractivity contribution is -0.159. The number of carbonyl (C=O) groups is 2. The Balaban J connectivity index is 2.24. The minimum Gasteiger partial charge on any atom is -0.479 e. The molecule has 2 aliphatic rings. The van der Waals surface area contributed by atoms with Gasteiger partial charge in [-0.05, 0) is 52.0 Å². The van der Waals surface area contributed by atoms with Crippen molar-refractivity contribution in [2.75, 3.05) is 13.1 Å². The number of hydrogen-bond donors (Lipinski definition) is 2. The van der Waals surface area contributed by atoms with Crippen LogP contribution in [0, 0.1) is 0 Å². The van der Waals surface area contributed by atoms with Crippen LogP contribution < -0.4 is 5.32 Å². The van der Waals surface area contributed by atoms with Crippen molar-refractivity contribution in [1.82, 2.24) is 10.2 Å². The minimum absolute atomic E-state index is 0.0334. The van der Waals surface area contributed by atoms with E-state index in [-0.39, 0.29) is 5.91 Å².